The Morgan fingerprint density at radius 2 is 1.74 bits per heavy atom. The molecule has 6 nitrogen and oxygen atoms in total. The molecule has 1 fully saturated rings. The highest BCUT2D eigenvalue weighted by Gasteiger charge is 2.35. The molecule has 0 spiro atoms. The van der Waals surface area contributed by atoms with Crippen molar-refractivity contribution in [1.29, 1.82) is 0 Å². The van der Waals surface area contributed by atoms with E-state index in [1.807, 2.05) is 19.1 Å². The van der Waals surface area contributed by atoms with Crippen LogP contribution < -0.4 is 16.0 Å². The summed E-state index contributed by atoms with van der Waals surface area (Å²) in [5.41, 5.74) is 6.80. The molecule has 1 amide bonds. The molecule has 0 saturated carbocycles. The van der Waals surface area contributed by atoms with Gasteiger partial charge in [-0.3, -0.25) is 4.79 Å². The Hall–Kier alpha value is -3.69. The van der Waals surface area contributed by atoms with Gasteiger partial charge in [0.05, 0.1) is 18.0 Å². The summed E-state index contributed by atoms with van der Waals surface area (Å²) in [5, 5.41) is 2.97. The average molecular weight is 488 g/mol. The number of nitrogens with zero attached hydrogens (tertiary/aromatic N) is 3. The quantitative estimate of drug-likeness (QED) is 0.465. The number of alkyl halides is 3. The van der Waals surface area contributed by atoms with Crippen LogP contribution in [0.3, 0.4) is 0 Å². The van der Waals surface area contributed by atoms with Gasteiger partial charge in [-0.15, -0.1) is 0 Å². The number of nitrogens with one attached hydrogen (secondary N) is 1. The predicted molar refractivity (Wildman–Crippen MR) is 124 cm³/mol. The van der Waals surface area contributed by atoms with E-state index in [4.69, 9.17) is 5.73 Å². The molecule has 0 aliphatic carbocycles. The molecule has 184 valence electrons. The van der Waals surface area contributed by atoms with Crippen molar-refractivity contribution in [3.63, 3.8) is 0 Å². The smallest absolute Gasteiger partial charge is 0.369 e. The van der Waals surface area contributed by atoms with Crippen molar-refractivity contribution in [2.45, 2.75) is 38.5 Å². The highest BCUT2D eigenvalue weighted by molar-refractivity contribution is 5.76. The monoisotopic (exact) mass is 487 g/mol. The maximum Gasteiger partial charge on any atom is 0.416 e. The Balaban J connectivity index is 1.52. The van der Waals surface area contributed by atoms with Crippen molar-refractivity contribution in [2.24, 2.45) is 11.7 Å². The number of hydrogen-bond donors (Lipinski definition) is 2. The third kappa shape index (κ3) is 5.70. The van der Waals surface area contributed by atoms with Gasteiger partial charge in [-0.2, -0.15) is 17.6 Å². The van der Waals surface area contributed by atoms with Gasteiger partial charge in [0.1, 0.15) is 6.33 Å². The van der Waals surface area contributed by atoms with Crippen LogP contribution in [0, 0.1) is 11.7 Å². The fraction of sp³-hybridized carbons (Fsp3) is 0.320. The lowest BCUT2D eigenvalue weighted by molar-refractivity contribution is -0.137. The zero-order chi connectivity index (χ0) is 25.2. The lowest BCUT2D eigenvalue weighted by Gasteiger charge is -2.27. The van der Waals surface area contributed by atoms with Gasteiger partial charge in [0.15, 0.2) is 11.6 Å². The molecule has 2 unspecified atom stereocenters. The second-order valence-corrected chi connectivity index (χ2v) is 8.80. The number of primary amides is 1. The lowest BCUT2D eigenvalue weighted by Crippen LogP contribution is -2.26. The first-order valence-electron chi connectivity index (χ1n) is 11.2. The fourth-order valence-electron chi connectivity index (χ4n) is 4.34. The van der Waals surface area contributed by atoms with E-state index in [1.165, 1.54) is 18.5 Å². The van der Waals surface area contributed by atoms with Crippen LogP contribution in [0.5, 0.6) is 0 Å². The number of carbonyl (C=O) groups excluding carboxylic acids is 1. The van der Waals surface area contributed by atoms with Crippen molar-refractivity contribution in [3.05, 3.63) is 82.9 Å². The first-order valence-corrected chi connectivity index (χ1v) is 11.2. The molecule has 0 bridgehead atoms. The Labute approximate surface area is 200 Å². The Morgan fingerprint density at radius 3 is 2.37 bits per heavy atom. The molecule has 0 radical (unpaired) electrons. The van der Waals surface area contributed by atoms with E-state index in [-0.39, 0.29) is 30.0 Å². The summed E-state index contributed by atoms with van der Waals surface area (Å²) >= 11 is 0. The highest BCUT2D eigenvalue weighted by atomic mass is 19.4. The number of aromatic nitrogens is 2. The summed E-state index contributed by atoms with van der Waals surface area (Å²) in [6.07, 6.45) is -2.34. The zero-order valence-electron chi connectivity index (χ0n) is 19.0. The number of hydrogen-bond acceptors (Lipinski definition) is 5. The summed E-state index contributed by atoms with van der Waals surface area (Å²) in [4.78, 5) is 21.0. The maximum absolute atomic E-state index is 15.4. The molecular formula is C25H25F4N5O. The average Bonchev–Trinajstić information content (AvgIpc) is 3.20. The van der Waals surface area contributed by atoms with Crippen LogP contribution >= 0.6 is 0 Å². The SMILES string of the molecule is CC1CC(c2ccc(C(F)(F)F)cc2)N(c2ncnc(NCc3ccc(CC(N)=O)cc3)c2F)C1. The molecule has 1 saturated heterocycles. The van der Waals surface area contributed by atoms with E-state index in [2.05, 4.69) is 15.3 Å². The Kier molecular flexibility index (Phi) is 6.90. The standard InChI is InChI=1S/C25H25F4N5O/c1-15-10-20(18-6-8-19(9-7-18)25(27,28)29)34(13-15)24-22(26)23(32-14-33-24)31-12-17-4-2-16(3-5-17)11-21(30)35/h2-9,14-15,20H,10-13H2,1H3,(H2,30,35)(H,31,32,33). The van der Waals surface area contributed by atoms with Crippen molar-refractivity contribution in [2.75, 3.05) is 16.8 Å². The second-order valence-electron chi connectivity index (χ2n) is 8.80. The zero-order valence-corrected chi connectivity index (χ0v) is 19.0. The number of benzene rings is 2. The highest BCUT2D eigenvalue weighted by Crippen LogP contribution is 2.40. The molecule has 1 aliphatic heterocycles. The maximum atomic E-state index is 15.4. The van der Waals surface area contributed by atoms with Crippen LogP contribution in [0.25, 0.3) is 0 Å². The Morgan fingerprint density at radius 1 is 1.09 bits per heavy atom. The second kappa shape index (κ2) is 9.89. The van der Waals surface area contributed by atoms with Gasteiger partial charge < -0.3 is 16.0 Å². The van der Waals surface area contributed by atoms with E-state index in [0.29, 0.717) is 25.1 Å². The van der Waals surface area contributed by atoms with Gasteiger partial charge >= 0.3 is 6.18 Å². The molecule has 2 aromatic carbocycles. The summed E-state index contributed by atoms with van der Waals surface area (Å²) in [7, 11) is 0. The molecule has 35 heavy (non-hydrogen) atoms. The fourth-order valence-corrected chi connectivity index (χ4v) is 4.34. The molecule has 3 aromatic rings. The normalized spacial score (nSPS) is 18.0. The van der Waals surface area contributed by atoms with Crippen LogP contribution in [0.1, 0.15) is 41.6 Å². The third-order valence-electron chi connectivity index (χ3n) is 6.04. The number of anilines is 2. The molecule has 4 rings (SSSR count). The van der Waals surface area contributed by atoms with E-state index in [1.54, 1.807) is 17.0 Å². The van der Waals surface area contributed by atoms with Gasteiger partial charge in [0, 0.05) is 13.1 Å². The van der Waals surface area contributed by atoms with Crippen LogP contribution in [0.15, 0.2) is 54.9 Å². The first kappa shape index (κ1) is 24.4. The van der Waals surface area contributed by atoms with Crippen molar-refractivity contribution in [3.8, 4) is 0 Å². The van der Waals surface area contributed by atoms with Crippen LogP contribution in [-0.4, -0.2) is 22.4 Å². The van der Waals surface area contributed by atoms with Gasteiger partial charge in [-0.25, -0.2) is 9.97 Å². The van der Waals surface area contributed by atoms with E-state index in [9.17, 15) is 18.0 Å². The number of amides is 1. The summed E-state index contributed by atoms with van der Waals surface area (Å²) < 4.78 is 54.3. The van der Waals surface area contributed by atoms with Crippen LogP contribution in [0.2, 0.25) is 0 Å². The minimum Gasteiger partial charge on any atom is -0.369 e. The van der Waals surface area contributed by atoms with Crippen LogP contribution in [-0.2, 0) is 23.9 Å². The minimum atomic E-state index is -4.41. The van der Waals surface area contributed by atoms with Gasteiger partial charge in [0.2, 0.25) is 11.7 Å². The molecule has 2 heterocycles. The van der Waals surface area contributed by atoms with E-state index in [0.717, 1.165) is 23.3 Å². The van der Waals surface area contributed by atoms with Crippen molar-refractivity contribution >= 4 is 17.5 Å². The number of halogens is 4. The Bertz CT molecular complexity index is 1180. The predicted octanol–water partition coefficient (Wildman–Crippen LogP) is 4.86. The van der Waals surface area contributed by atoms with E-state index >= 15 is 4.39 Å². The van der Waals surface area contributed by atoms with Gasteiger partial charge in [-0.1, -0.05) is 43.3 Å². The summed E-state index contributed by atoms with van der Waals surface area (Å²) in [6.45, 7) is 2.82. The summed E-state index contributed by atoms with van der Waals surface area (Å²) in [5.74, 6) is -0.705. The molecule has 1 aromatic heterocycles. The molecule has 2 atom stereocenters. The number of carbonyl (C=O) groups is 1. The van der Waals surface area contributed by atoms with Crippen molar-refractivity contribution < 1.29 is 22.4 Å². The third-order valence-corrected chi connectivity index (χ3v) is 6.04. The number of rotatable bonds is 7. The number of nitrogens with two attached hydrogens (primary N) is 1. The lowest BCUT2D eigenvalue weighted by atomic mass is 9.99. The molecular weight excluding hydrogens is 462 g/mol. The van der Waals surface area contributed by atoms with E-state index < -0.39 is 23.5 Å². The minimum absolute atomic E-state index is 0.0296. The topological polar surface area (TPSA) is 84.1 Å². The molecule has 10 heteroatoms. The van der Waals surface area contributed by atoms with Gasteiger partial charge in [-0.05, 0) is 41.2 Å². The molecule has 1 aliphatic rings. The van der Waals surface area contributed by atoms with Crippen molar-refractivity contribution in [1.82, 2.24) is 9.97 Å². The molecule has 3 N–H and O–H groups in total. The summed E-state index contributed by atoms with van der Waals surface area (Å²) in [6, 6.07) is 11.9. The first-order chi connectivity index (χ1) is 16.6. The van der Waals surface area contributed by atoms with Crippen LogP contribution in [0.4, 0.5) is 29.2 Å². The largest absolute Gasteiger partial charge is 0.416 e. The van der Waals surface area contributed by atoms with Gasteiger partial charge in [0.25, 0.3) is 0 Å².